The lowest BCUT2D eigenvalue weighted by atomic mass is 10.1. The largest absolute Gasteiger partial charge is 0.392 e. The second-order valence-electron chi connectivity index (χ2n) is 3.62. The van der Waals surface area contributed by atoms with Crippen LogP contribution in [-0.4, -0.2) is 23.0 Å². The highest BCUT2D eigenvalue weighted by molar-refractivity contribution is 7.80. The zero-order chi connectivity index (χ0) is 11.3. The first kappa shape index (κ1) is 12.1. The van der Waals surface area contributed by atoms with E-state index in [0.29, 0.717) is 17.6 Å². The van der Waals surface area contributed by atoms with Crippen molar-refractivity contribution in [3.05, 3.63) is 35.9 Å². The molecule has 1 rings (SSSR count). The first-order valence-corrected chi connectivity index (χ1v) is 5.63. The van der Waals surface area contributed by atoms with Crippen molar-refractivity contribution in [2.45, 2.75) is 19.9 Å². The van der Waals surface area contributed by atoms with Crippen molar-refractivity contribution in [1.82, 2.24) is 4.90 Å². The fourth-order valence-corrected chi connectivity index (χ4v) is 1.83. The number of likely N-dealkylation sites (N-methyl/N-ethyl adjacent to an activating group) is 1. The molecule has 0 aromatic heterocycles. The number of nitrogens with zero attached hydrogens (tertiary/aromatic N) is 1. The van der Waals surface area contributed by atoms with E-state index in [9.17, 15) is 0 Å². The highest BCUT2D eigenvalue weighted by Crippen LogP contribution is 2.18. The van der Waals surface area contributed by atoms with Gasteiger partial charge in [-0.3, -0.25) is 4.90 Å². The van der Waals surface area contributed by atoms with Gasteiger partial charge in [-0.1, -0.05) is 49.5 Å². The Hall–Kier alpha value is -0.930. The normalized spacial score (nSPS) is 12.7. The second kappa shape index (κ2) is 5.83. The third-order valence-electron chi connectivity index (χ3n) is 2.59. The van der Waals surface area contributed by atoms with Crippen LogP contribution in [0.5, 0.6) is 0 Å². The highest BCUT2D eigenvalue weighted by Gasteiger charge is 2.13. The van der Waals surface area contributed by atoms with E-state index in [1.165, 1.54) is 5.56 Å². The van der Waals surface area contributed by atoms with Gasteiger partial charge in [0.25, 0.3) is 0 Å². The molecule has 3 heteroatoms. The monoisotopic (exact) mass is 222 g/mol. The molecule has 0 fully saturated rings. The molecule has 0 saturated heterocycles. The van der Waals surface area contributed by atoms with Crippen molar-refractivity contribution in [3.63, 3.8) is 0 Å². The molecule has 1 aromatic rings. The van der Waals surface area contributed by atoms with Crippen molar-refractivity contribution < 1.29 is 0 Å². The molecular formula is C12H18N2S. The lowest BCUT2D eigenvalue weighted by molar-refractivity contribution is 0.255. The van der Waals surface area contributed by atoms with E-state index in [4.69, 9.17) is 18.0 Å². The number of hydrogen-bond donors (Lipinski definition) is 1. The molecule has 0 spiro atoms. The van der Waals surface area contributed by atoms with Gasteiger partial charge in [-0.25, -0.2) is 0 Å². The third-order valence-corrected chi connectivity index (χ3v) is 2.72. The minimum atomic E-state index is 0.359. The van der Waals surface area contributed by atoms with E-state index in [1.807, 2.05) is 6.07 Å². The van der Waals surface area contributed by atoms with Crippen molar-refractivity contribution in [3.8, 4) is 0 Å². The molecule has 0 amide bonds. The summed E-state index contributed by atoms with van der Waals surface area (Å²) in [6.07, 6.45) is 0. The summed E-state index contributed by atoms with van der Waals surface area (Å²) in [4.78, 5) is 2.82. The SMILES string of the molecule is CCN(CC(N)=S)C(C)c1ccccc1. The molecule has 0 radical (unpaired) electrons. The maximum Gasteiger partial charge on any atom is 0.0870 e. The average molecular weight is 222 g/mol. The van der Waals surface area contributed by atoms with E-state index in [1.54, 1.807) is 0 Å². The van der Waals surface area contributed by atoms with Gasteiger partial charge in [-0.05, 0) is 19.0 Å². The first-order valence-electron chi connectivity index (χ1n) is 5.22. The van der Waals surface area contributed by atoms with Crippen LogP contribution in [0.2, 0.25) is 0 Å². The summed E-state index contributed by atoms with van der Waals surface area (Å²) in [5.41, 5.74) is 6.88. The summed E-state index contributed by atoms with van der Waals surface area (Å²) in [7, 11) is 0. The fraction of sp³-hybridized carbons (Fsp3) is 0.417. The van der Waals surface area contributed by atoms with Crippen molar-refractivity contribution in [2.24, 2.45) is 5.73 Å². The lowest BCUT2D eigenvalue weighted by Gasteiger charge is -2.27. The standard InChI is InChI=1S/C12H18N2S/c1-3-14(9-12(13)15)10(2)11-7-5-4-6-8-11/h4-8,10H,3,9H2,1-2H3,(H2,13,15). The van der Waals surface area contributed by atoms with Gasteiger partial charge in [-0.15, -0.1) is 0 Å². The highest BCUT2D eigenvalue weighted by atomic mass is 32.1. The smallest absolute Gasteiger partial charge is 0.0870 e. The van der Waals surface area contributed by atoms with Gasteiger partial charge < -0.3 is 5.73 Å². The van der Waals surface area contributed by atoms with Gasteiger partial charge in [0.05, 0.1) is 4.99 Å². The zero-order valence-corrected chi connectivity index (χ0v) is 10.1. The zero-order valence-electron chi connectivity index (χ0n) is 9.31. The average Bonchev–Trinajstić information content (AvgIpc) is 2.26. The van der Waals surface area contributed by atoms with Crippen LogP contribution < -0.4 is 5.73 Å². The minimum absolute atomic E-state index is 0.359. The van der Waals surface area contributed by atoms with Gasteiger partial charge in [-0.2, -0.15) is 0 Å². The Bertz CT molecular complexity index is 311. The topological polar surface area (TPSA) is 29.3 Å². The van der Waals surface area contributed by atoms with Gasteiger partial charge in [0, 0.05) is 12.6 Å². The van der Waals surface area contributed by atoms with E-state index in [2.05, 4.69) is 43.0 Å². The van der Waals surface area contributed by atoms with Crippen LogP contribution in [0.4, 0.5) is 0 Å². The number of benzene rings is 1. The van der Waals surface area contributed by atoms with Crippen LogP contribution >= 0.6 is 12.2 Å². The number of thiocarbonyl (C=S) groups is 1. The molecule has 0 aliphatic heterocycles. The molecule has 0 saturated carbocycles. The van der Waals surface area contributed by atoms with Crippen molar-refractivity contribution in [1.29, 1.82) is 0 Å². The van der Waals surface area contributed by atoms with Crippen LogP contribution in [0.15, 0.2) is 30.3 Å². The Morgan fingerprint density at radius 2 is 2.00 bits per heavy atom. The summed E-state index contributed by atoms with van der Waals surface area (Å²) in [6.45, 7) is 5.93. The molecule has 2 N–H and O–H groups in total. The Morgan fingerprint density at radius 3 is 2.47 bits per heavy atom. The second-order valence-corrected chi connectivity index (χ2v) is 4.14. The summed E-state index contributed by atoms with van der Waals surface area (Å²) in [5.74, 6) is 0. The molecule has 0 heterocycles. The predicted octanol–water partition coefficient (Wildman–Crippen LogP) is 2.36. The molecule has 2 nitrogen and oxygen atoms in total. The Balaban J connectivity index is 2.73. The van der Waals surface area contributed by atoms with Gasteiger partial charge >= 0.3 is 0 Å². The number of hydrogen-bond acceptors (Lipinski definition) is 2. The molecule has 1 atom stereocenters. The van der Waals surface area contributed by atoms with E-state index >= 15 is 0 Å². The van der Waals surface area contributed by atoms with E-state index < -0.39 is 0 Å². The van der Waals surface area contributed by atoms with Crippen LogP contribution in [0, 0.1) is 0 Å². The van der Waals surface area contributed by atoms with Gasteiger partial charge in [0.2, 0.25) is 0 Å². The summed E-state index contributed by atoms with van der Waals surface area (Å²) >= 11 is 4.94. The molecule has 0 aliphatic carbocycles. The summed E-state index contributed by atoms with van der Waals surface area (Å²) in [6, 6.07) is 10.8. The maximum absolute atomic E-state index is 5.57. The van der Waals surface area contributed by atoms with Gasteiger partial charge in [0.1, 0.15) is 0 Å². The Morgan fingerprint density at radius 1 is 1.40 bits per heavy atom. The molecule has 1 aromatic carbocycles. The third kappa shape index (κ3) is 3.61. The first-order chi connectivity index (χ1) is 7.15. The quantitative estimate of drug-likeness (QED) is 0.775. The molecule has 1 unspecified atom stereocenters. The van der Waals surface area contributed by atoms with Crippen LogP contribution in [-0.2, 0) is 0 Å². The summed E-state index contributed by atoms with van der Waals surface area (Å²) in [5, 5.41) is 0. The molecule has 0 aliphatic rings. The Kier molecular flexibility index (Phi) is 4.72. The van der Waals surface area contributed by atoms with Crippen LogP contribution in [0.25, 0.3) is 0 Å². The van der Waals surface area contributed by atoms with Crippen molar-refractivity contribution in [2.75, 3.05) is 13.1 Å². The Labute approximate surface area is 97.1 Å². The molecule has 15 heavy (non-hydrogen) atoms. The maximum atomic E-state index is 5.57. The lowest BCUT2D eigenvalue weighted by Crippen LogP contribution is -2.34. The fourth-order valence-electron chi connectivity index (χ4n) is 1.67. The molecular weight excluding hydrogens is 204 g/mol. The summed E-state index contributed by atoms with van der Waals surface area (Å²) < 4.78 is 0. The van der Waals surface area contributed by atoms with Crippen LogP contribution in [0.1, 0.15) is 25.5 Å². The number of rotatable bonds is 5. The van der Waals surface area contributed by atoms with E-state index in [-0.39, 0.29) is 0 Å². The van der Waals surface area contributed by atoms with Crippen molar-refractivity contribution >= 4 is 17.2 Å². The minimum Gasteiger partial charge on any atom is -0.392 e. The van der Waals surface area contributed by atoms with Gasteiger partial charge in [0.15, 0.2) is 0 Å². The number of nitrogens with two attached hydrogens (primary N) is 1. The molecule has 82 valence electrons. The molecule has 0 bridgehead atoms. The van der Waals surface area contributed by atoms with Crippen LogP contribution in [0.3, 0.4) is 0 Å². The predicted molar refractivity (Wildman–Crippen MR) is 68.9 cm³/mol. The van der Waals surface area contributed by atoms with E-state index in [0.717, 1.165) is 6.54 Å².